The van der Waals surface area contributed by atoms with Crippen molar-refractivity contribution in [2.75, 3.05) is 17.7 Å². The average Bonchev–Trinajstić information content (AvgIpc) is 2.38. The molecule has 1 amide bonds. The van der Waals surface area contributed by atoms with Gasteiger partial charge < -0.3 is 15.8 Å². The molecule has 18 heavy (non-hydrogen) atoms. The van der Waals surface area contributed by atoms with E-state index in [1.807, 2.05) is 6.07 Å². The largest absolute Gasteiger partial charge is 0.482 e. The predicted octanol–water partition coefficient (Wildman–Crippen LogP) is 1.06. The van der Waals surface area contributed by atoms with E-state index in [1.165, 1.54) is 0 Å². The monoisotopic (exact) mass is 242 g/mol. The lowest BCUT2D eigenvalue weighted by Crippen LogP contribution is -2.25. The highest BCUT2D eigenvalue weighted by Crippen LogP contribution is 2.31. The van der Waals surface area contributed by atoms with Crippen LogP contribution < -0.4 is 15.8 Å². The van der Waals surface area contributed by atoms with Gasteiger partial charge in [0.2, 0.25) is 0 Å². The molecule has 0 bridgehead atoms. The molecular formula is C12H10N4O2. The topological polar surface area (TPSA) is 90.1 Å². The number of benzene rings is 1. The Balaban J connectivity index is 2.01. The molecule has 1 aromatic carbocycles. The molecule has 6 heteroatoms. The van der Waals surface area contributed by atoms with Gasteiger partial charge in [-0.2, -0.15) is 0 Å². The van der Waals surface area contributed by atoms with E-state index in [1.54, 1.807) is 24.3 Å². The summed E-state index contributed by atoms with van der Waals surface area (Å²) in [5.74, 6) is 0.859. The van der Waals surface area contributed by atoms with Crippen molar-refractivity contribution in [3.63, 3.8) is 0 Å². The normalized spacial score (nSPS) is 13.4. The molecule has 0 spiro atoms. The van der Waals surface area contributed by atoms with Crippen LogP contribution in [0.4, 0.5) is 11.5 Å². The number of ether oxygens (including phenoxy) is 1. The third-order valence-electron chi connectivity index (χ3n) is 2.59. The third-order valence-corrected chi connectivity index (χ3v) is 2.59. The molecule has 2 heterocycles. The lowest BCUT2D eigenvalue weighted by Gasteiger charge is -2.18. The van der Waals surface area contributed by atoms with Gasteiger partial charge >= 0.3 is 0 Å². The predicted molar refractivity (Wildman–Crippen MR) is 66.0 cm³/mol. The second-order valence-electron chi connectivity index (χ2n) is 3.89. The molecule has 0 radical (unpaired) electrons. The lowest BCUT2D eigenvalue weighted by molar-refractivity contribution is -0.118. The smallest absolute Gasteiger partial charge is 0.262 e. The van der Waals surface area contributed by atoms with Crippen LogP contribution >= 0.6 is 0 Å². The van der Waals surface area contributed by atoms with Crippen molar-refractivity contribution in [2.45, 2.75) is 0 Å². The first-order valence-electron chi connectivity index (χ1n) is 5.39. The van der Waals surface area contributed by atoms with Crippen LogP contribution in [0.2, 0.25) is 0 Å². The molecule has 0 aliphatic carbocycles. The number of fused-ring (bicyclic) bond motifs is 1. The van der Waals surface area contributed by atoms with E-state index in [2.05, 4.69) is 15.5 Å². The minimum absolute atomic E-state index is 0.0496. The van der Waals surface area contributed by atoms with Crippen LogP contribution in [0.25, 0.3) is 11.3 Å². The Morgan fingerprint density at radius 1 is 1.22 bits per heavy atom. The van der Waals surface area contributed by atoms with Crippen molar-refractivity contribution in [2.24, 2.45) is 0 Å². The van der Waals surface area contributed by atoms with Gasteiger partial charge in [-0.15, -0.1) is 10.2 Å². The SMILES string of the molecule is Nc1ccc(-c2ccc3c(c2)NC(=O)CO3)nn1. The first kappa shape index (κ1) is 10.5. The quantitative estimate of drug-likeness (QED) is 0.780. The van der Waals surface area contributed by atoms with E-state index >= 15 is 0 Å². The molecule has 0 fully saturated rings. The molecule has 0 atom stereocenters. The molecule has 1 aliphatic heterocycles. The Labute approximate surface area is 103 Å². The van der Waals surface area contributed by atoms with Crippen molar-refractivity contribution >= 4 is 17.4 Å². The number of carbonyl (C=O) groups excluding carboxylic acids is 1. The molecule has 6 nitrogen and oxygen atoms in total. The Kier molecular flexibility index (Phi) is 2.33. The zero-order valence-electron chi connectivity index (χ0n) is 9.38. The van der Waals surface area contributed by atoms with E-state index in [-0.39, 0.29) is 12.5 Å². The molecule has 0 saturated carbocycles. The highest BCUT2D eigenvalue weighted by Gasteiger charge is 2.16. The van der Waals surface area contributed by atoms with Crippen LogP contribution in [0.3, 0.4) is 0 Å². The fraction of sp³-hybridized carbons (Fsp3) is 0.0833. The minimum atomic E-state index is -0.164. The Morgan fingerprint density at radius 2 is 2.11 bits per heavy atom. The maximum absolute atomic E-state index is 11.2. The maximum Gasteiger partial charge on any atom is 0.262 e. The van der Waals surface area contributed by atoms with Gasteiger partial charge in [0.1, 0.15) is 11.6 Å². The summed E-state index contributed by atoms with van der Waals surface area (Å²) in [4.78, 5) is 11.2. The van der Waals surface area contributed by atoms with Crippen LogP contribution in [-0.4, -0.2) is 22.7 Å². The summed E-state index contributed by atoms with van der Waals surface area (Å²) in [6, 6.07) is 8.90. The third kappa shape index (κ3) is 1.84. The van der Waals surface area contributed by atoms with Gasteiger partial charge in [0.25, 0.3) is 5.91 Å². The second-order valence-corrected chi connectivity index (χ2v) is 3.89. The Hall–Kier alpha value is -2.63. The zero-order chi connectivity index (χ0) is 12.5. The average molecular weight is 242 g/mol. The summed E-state index contributed by atoms with van der Waals surface area (Å²) in [5.41, 5.74) is 7.65. The summed E-state index contributed by atoms with van der Waals surface area (Å²) in [6.07, 6.45) is 0. The minimum Gasteiger partial charge on any atom is -0.482 e. The molecule has 90 valence electrons. The molecule has 0 saturated heterocycles. The molecule has 0 unspecified atom stereocenters. The van der Waals surface area contributed by atoms with E-state index in [0.717, 1.165) is 5.56 Å². The second kappa shape index (κ2) is 3.99. The number of nitrogens with one attached hydrogen (secondary N) is 1. The Morgan fingerprint density at radius 3 is 2.89 bits per heavy atom. The van der Waals surface area contributed by atoms with Gasteiger partial charge in [-0.25, -0.2) is 0 Å². The van der Waals surface area contributed by atoms with E-state index in [0.29, 0.717) is 22.9 Å². The summed E-state index contributed by atoms with van der Waals surface area (Å²) >= 11 is 0. The number of rotatable bonds is 1. The number of aromatic nitrogens is 2. The number of hydrogen-bond acceptors (Lipinski definition) is 5. The fourth-order valence-electron chi connectivity index (χ4n) is 1.74. The van der Waals surface area contributed by atoms with Crippen LogP contribution in [0.1, 0.15) is 0 Å². The number of anilines is 2. The van der Waals surface area contributed by atoms with Crippen LogP contribution in [0, 0.1) is 0 Å². The summed E-state index contributed by atoms with van der Waals surface area (Å²) in [6.45, 7) is 0.0496. The van der Waals surface area contributed by atoms with E-state index < -0.39 is 0 Å². The standard InChI is InChI=1S/C12H10N4O2/c13-11-4-2-8(15-16-11)7-1-3-10-9(5-7)14-12(17)6-18-10/h1-5H,6H2,(H2,13,16)(H,14,17). The maximum atomic E-state index is 11.2. The van der Waals surface area contributed by atoms with Crippen molar-refractivity contribution in [1.82, 2.24) is 10.2 Å². The summed E-state index contributed by atoms with van der Waals surface area (Å²) in [5, 5.41) is 10.5. The lowest BCUT2D eigenvalue weighted by atomic mass is 10.1. The zero-order valence-corrected chi connectivity index (χ0v) is 9.38. The molecule has 1 aromatic heterocycles. The summed E-state index contributed by atoms with van der Waals surface area (Å²) < 4.78 is 5.28. The first-order chi connectivity index (χ1) is 8.72. The molecular weight excluding hydrogens is 232 g/mol. The molecule has 2 aromatic rings. The number of nitrogen functional groups attached to an aromatic ring is 1. The number of nitrogens with zero attached hydrogens (tertiary/aromatic N) is 2. The van der Waals surface area contributed by atoms with Crippen molar-refractivity contribution in [3.8, 4) is 17.0 Å². The van der Waals surface area contributed by atoms with Crippen molar-refractivity contribution in [3.05, 3.63) is 30.3 Å². The first-order valence-corrected chi connectivity index (χ1v) is 5.39. The highest BCUT2D eigenvalue weighted by atomic mass is 16.5. The molecule has 3 N–H and O–H groups in total. The van der Waals surface area contributed by atoms with Crippen LogP contribution in [0.15, 0.2) is 30.3 Å². The van der Waals surface area contributed by atoms with Gasteiger partial charge in [0.05, 0.1) is 11.4 Å². The number of hydrogen-bond donors (Lipinski definition) is 2. The van der Waals surface area contributed by atoms with E-state index in [9.17, 15) is 4.79 Å². The van der Waals surface area contributed by atoms with Gasteiger partial charge in [0, 0.05) is 5.56 Å². The highest BCUT2D eigenvalue weighted by molar-refractivity contribution is 5.96. The summed E-state index contributed by atoms with van der Waals surface area (Å²) in [7, 11) is 0. The van der Waals surface area contributed by atoms with Gasteiger partial charge in [-0.05, 0) is 30.3 Å². The fourth-order valence-corrected chi connectivity index (χ4v) is 1.74. The van der Waals surface area contributed by atoms with Crippen LogP contribution in [0.5, 0.6) is 5.75 Å². The number of nitrogens with two attached hydrogens (primary N) is 1. The Bertz CT molecular complexity index is 610. The van der Waals surface area contributed by atoms with Crippen molar-refractivity contribution < 1.29 is 9.53 Å². The number of amides is 1. The molecule has 3 rings (SSSR count). The van der Waals surface area contributed by atoms with Gasteiger partial charge in [0.15, 0.2) is 6.61 Å². The van der Waals surface area contributed by atoms with E-state index in [4.69, 9.17) is 10.5 Å². The van der Waals surface area contributed by atoms with Gasteiger partial charge in [-0.3, -0.25) is 4.79 Å². The van der Waals surface area contributed by atoms with Crippen molar-refractivity contribution in [1.29, 1.82) is 0 Å². The van der Waals surface area contributed by atoms with Crippen LogP contribution in [-0.2, 0) is 4.79 Å². The molecule has 1 aliphatic rings. The van der Waals surface area contributed by atoms with Gasteiger partial charge in [-0.1, -0.05) is 0 Å². The number of carbonyl (C=O) groups is 1.